The standard InChI is InChI=1S/C17H34O5/c1-4-7-10-19-13-14-15(20-11-8-5-2)16(17(18)22-14)21-12-9-6-3/h14-18H,4-13H2,1-3H3/t14?,15-,16-,17?/m0/s1. The average molecular weight is 318 g/mol. The molecule has 0 spiro atoms. The molecular formula is C17H34O5. The van der Waals surface area contributed by atoms with E-state index in [1.165, 1.54) is 0 Å². The largest absolute Gasteiger partial charge is 0.379 e. The van der Waals surface area contributed by atoms with E-state index in [0.717, 1.165) is 45.1 Å². The van der Waals surface area contributed by atoms with Gasteiger partial charge >= 0.3 is 0 Å². The number of aliphatic hydroxyl groups is 1. The van der Waals surface area contributed by atoms with Gasteiger partial charge in [0.05, 0.1) is 6.61 Å². The smallest absolute Gasteiger partial charge is 0.184 e. The summed E-state index contributed by atoms with van der Waals surface area (Å²) < 4.78 is 23.0. The van der Waals surface area contributed by atoms with E-state index in [-0.39, 0.29) is 12.2 Å². The Morgan fingerprint density at radius 1 is 0.818 bits per heavy atom. The van der Waals surface area contributed by atoms with Crippen LogP contribution < -0.4 is 0 Å². The zero-order valence-corrected chi connectivity index (χ0v) is 14.5. The molecular weight excluding hydrogens is 284 g/mol. The van der Waals surface area contributed by atoms with Crippen molar-refractivity contribution in [2.75, 3.05) is 26.4 Å². The molecule has 22 heavy (non-hydrogen) atoms. The van der Waals surface area contributed by atoms with Crippen LogP contribution in [0.1, 0.15) is 59.3 Å². The fraction of sp³-hybridized carbons (Fsp3) is 1.00. The molecule has 0 radical (unpaired) electrons. The molecule has 1 N–H and O–H groups in total. The van der Waals surface area contributed by atoms with Crippen LogP contribution in [0.4, 0.5) is 0 Å². The second-order valence-corrected chi connectivity index (χ2v) is 5.87. The number of hydrogen-bond donors (Lipinski definition) is 1. The third-order valence-corrected chi connectivity index (χ3v) is 3.83. The minimum Gasteiger partial charge on any atom is -0.379 e. The number of aliphatic hydroxyl groups excluding tert-OH is 1. The predicted molar refractivity (Wildman–Crippen MR) is 85.9 cm³/mol. The van der Waals surface area contributed by atoms with Crippen molar-refractivity contribution in [2.24, 2.45) is 0 Å². The van der Waals surface area contributed by atoms with Gasteiger partial charge in [0.25, 0.3) is 0 Å². The Morgan fingerprint density at radius 2 is 1.36 bits per heavy atom. The maximum Gasteiger partial charge on any atom is 0.184 e. The van der Waals surface area contributed by atoms with E-state index < -0.39 is 12.4 Å². The van der Waals surface area contributed by atoms with Gasteiger partial charge < -0.3 is 24.1 Å². The highest BCUT2D eigenvalue weighted by molar-refractivity contribution is 4.89. The van der Waals surface area contributed by atoms with Crippen LogP contribution in [0.15, 0.2) is 0 Å². The van der Waals surface area contributed by atoms with E-state index in [1.54, 1.807) is 0 Å². The summed E-state index contributed by atoms with van der Waals surface area (Å²) >= 11 is 0. The zero-order valence-electron chi connectivity index (χ0n) is 14.5. The van der Waals surface area contributed by atoms with Crippen LogP contribution in [0.25, 0.3) is 0 Å². The number of unbranched alkanes of at least 4 members (excludes halogenated alkanes) is 3. The van der Waals surface area contributed by atoms with Gasteiger partial charge in [0, 0.05) is 19.8 Å². The lowest BCUT2D eigenvalue weighted by molar-refractivity contribution is -0.150. The molecule has 1 heterocycles. The van der Waals surface area contributed by atoms with E-state index >= 15 is 0 Å². The summed E-state index contributed by atoms with van der Waals surface area (Å²) in [6.07, 6.45) is 4.41. The van der Waals surface area contributed by atoms with Crippen LogP contribution in [0, 0.1) is 0 Å². The molecule has 4 atom stereocenters. The zero-order chi connectivity index (χ0) is 16.2. The van der Waals surface area contributed by atoms with Crippen molar-refractivity contribution in [3.05, 3.63) is 0 Å². The molecule has 1 aliphatic rings. The molecule has 0 amide bonds. The fourth-order valence-electron chi connectivity index (χ4n) is 2.39. The van der Waals surface area contributed by atoms with Crippen molar-refractivity contribution in [1.82, 2.24) is 0 Å². The molecule has 2 unspecified atom stereocenters. The van der Waals surface area contributed by atoms with Crippen molar-refractivity contribution >= 4 is 0 Å². The van der Waals surface area contributed by atoms with Crippen molar-refractivity contribution in [3.8, 4) is 0 Å². The quantitative estimate of drug-likeness (QED) is 0.529. The SMILES string of the molecule is CCCCOCC1OC(O)[C@@H](OCCCC)[C@H]1OCCCC. The molecule has 1 aliphatic heterocycles. The Morgan fingerprint density at radius 3 is 1.95 bits per heavy atom. The Labute approximate surface area is 135 Å². The van der Waals surface area contributed by atoms with Crippen molar-refractivity contribution < 1.29 is 24.1 Å². The van der Waals surface area contributed by atoms with E-state index in [1.807, 2.05) is 0 Å². The lowest BCUT2D eigenvalue weighted by Gasteiger charge is -2.23. The van der Waals surface area contributed by atoms with Gasteiger partial charge in [-0.3, -0.25) is 0 Å². The second kappa shape index (κ2) is 12.3. The maximum absolute atomic E-state index is 10.1. The topological polar surface area (TPSA) is 57.2 Å². The van der Waals surface area contributed by atoms with E-state index in [9.17, 15) is 5.11 Å². The molecule has 0 aromatic heterocycles. The first-order valence-electron chi connectivity index (χ1n) is 8.89. The summed E-state index contributed by atoms with van der Waals surface area (Å²) in [5, 5.41) is 10.1. The molecule has 0 saturated carbocycles. The summed E-state index contributed by atoms with van der Waals surface area (Å²) in [6.45, 7) is 8.83. The first kappa shape index (κ1) is 19.8. The molecule has 5 heteroatoms. The average Bonchev–Trinajstić information content (AvgIpc) is 2.80. The van der Waals surface area contributed by atoms with Crippen molar-refractivity contribution in [3.63, 3.8) is 0 Å². The molecule has 0 aromatic carbocycles. The molecule has 0 aromatic rings. The monoisotopic (exact) mass is 318 g/mol. The first-order chi connectivity index (χ1) is 10.7. The van der Waals surface area contributed by atoms with E-state index in [0.29, 0.717) is 19.8 Å². The Kier molecular flexibility index (Phi) is 11.1. The molecule has 0 bridgehead atoms. The summed E-state index contributed by atoms with van der Waals surface area (Å²) in [7, 11) is 0. The third kappa shape index (κ3) is 6.92. The highest BCUT2D eigenvalue weighted by Crippen LogP contribution is 2.26. The van der Waals surface area contributed by atoms with Crippen molar-refractivity contribution in [1.29, 1.82) is 0 Å². The van der Waals surface area contributed by atoms with Gasteiger partial charge in [0.15, 0.2) is 6.29 Å². The van der Waals surface area contributed by atoms with Crippen LogP contribution in [0.2, 0.25) is 0 Å². The summed E-state index contributed by atoms with van der Waals surface area (Å²) in [4.78, 5) is 0. The van der Waals surface area contributed by atoms with Crippen LogP contribution in [0.3, 0.4) is 0 Å². The van der Waals surface area contributed by atoms with Gasteiger partial charge in [-0.05, 0) is 19.3 Å². The Hall–Kier alpha value is -0.200. The maximum atomic E-state index is 10.1. The first-order valence-corrected chi connectivity index (χ1v) is 8.89. The molecule has 1 fully saturated rings. The fourth-order valence-corrected chi connectivity index (χ4v) is 2.39. The van der Waals surface area contributed by atoms with Gasteiger partial charge in [-0.2, -0.15) is 0 Å². The number of rotatable bonds is 13. The van der Waals surface area contributed by atoms with Crippen LogP contribution in [-0.2, 0) is 18.9 Å². The van der Waals surface area contributed by atoms with Crippen LogP contribution in [0.5, 0.6) is 0 Å². The van der Waals surface area contributed by atoms with Crippen LogP contribution >= 0.6 is 0 Å². The number of hydrogen-bond acceptors (Lipinski definition) is 5. The van der Waals surface area contributed by atoms with E-state index in [4.69, 9.17) is 18.9 Å². The Balaban J connectivity index is 2.48. The van der Waals surface area contributed by atoms with Gasteiger partial charge in [-0.1, -0.05) is 40.0 Å². The van der Waals surface area contributed by atoms with Crippen LogP contribution in [-0.4, -0.2) is 56.1 Å². The van der Waals surface area contributed by atoms with Gasteiger partial charge in [0.1, 0.15) is 18.3 Å². The highest BCUT2D eigenvalue weighted by Gasteiger charge is 2.45. The Bertz CT molecular complexity index is 261. The van der Waals surface area contributed by atoms with Gasteiger partial charge in [-0.15, -0.1) is 0 Å². The molecule has 1 rings (SSSR count). The summed E-state index contributed by atoms with van der Waals surface area (Å²) in [6, 6.07) is 0. The minimum absolute atomic E-state index is 0.250. The van der Waals surface area contributed by atoms with Gasteiger partial charge in [-0.25, -0.2) is 0 Å². The lowest BCUT2D eigenvalue weighted by atomic mass is 10.1. The summed E-state index contributed by atoms with van der Waals surface area (Å²) in [5.41, 5.74) is 0. The molecule has 5 nitrogen and oxygen atoms in total. The second-order valence-electron chi connectivity index (χ2n) is 5.87. The van der Waals surface area contributed by atoms with E-state index in [2.05, 4.69) is 20.8 Å². The minimum atomic E-state index is -0.928. The summed E-state index contributed by atoms with van der Waals surface area (Å²) in [5.74, 6) is 0. The molecule has 0 aliphatic carbocycles. The molecule has 1 saturated heterocycles. The van der Waals surface area contributed by atoms with Crippen molar-refractivity contribution in [2.45, 2.75) is 83.9 Å². The lowest BCUT2D eigenvalue weighted by Crippen LogP contribution is -2.39. The normalized spacial score (nSPS) is 28.4. The highest BCUT2D eigenvalue weighted by atomic mass is 16.7. The van der Waals surface area contributed by atoms with Gasteiger partial charge in [0.2, 0.25) is 0 Å². The number of ether oxygens (including phenoxy) is 4. The predicted octanol–water partition coefficient (Wildman–Crippen LogP) is 2.89. The molecule has 132 valence electrons. The third-order valence-electron chi connectivity index (χ3n) is 3.83.